The Bertz CT molecular complexity index is 898. The van der Waals surface area contributed by atoms with Crippen LogP contribution in [0.15, 0.2) is 24.3 Å². The third-order valence-corrected chi connectivity index (χ3v) is 6.42. The molecule has 6 heteroatoms. The van der Waals surface area contributed by atoms with Crippen LogP contribution in [0.25, 0.3) is 11.1 Å². The second-order valence-corrected chi connectivity index (χ2v) is 10.6. The van der Waals surface area contributed by atoms with Crippen LogP contribution in [-0.2, 0) is 16.2 Å². The van der Waals surface area contributed by atoms with Crippen molar-refractivity contribution in [3.8, 4) is 11.1 Å². The zero-order chi connectivity index (χ0) is 22.1. The lowest BCUT2D eigenvalue weighted by molar-refractivity contribution is -0.137. The molecule has 0 aliphatic carbocycles. The van der Waals surface area contributed by atoms with Gasteiger partial charge in [-0.25, -0.2) is 4.39 Å². The number of nitrogens with one attached hydrogen (secondary N) is 1. The molecule has 158 valence electrons. The normalized spacial score (nSPS) is 14.0. The van der Waals surface area contributed by atoms with Crippen LogP contribution in [0.3, 0.4) is 0 Å². The van der Waals surface area contributed by atoms with Crippen molar-refractivity contribution in [3.05, 3.63) is 57.9 Å². The summed E-state index contributed by atoms with van der Waals surface area (Å²) in [6, 6.07) is 6.71. The van der Waals surface area contributed by atoms with E-state index >= 15 is 4.39 Å². The Balaban J connectivity index is 2.62. The summed E-state index contributed by atoms with van der Waals surface area (Å²) < 4.78 is 29.9. The van der Waals surface area contributed by atoms with Crippen molar-refractivity contribution in [2.24, 2.45) is 0 Å². The molecule has 2 rings (SSSR count). The van der Waals surface area contributed by atoms with Crippen molar-refractivity contribution >= 4 is 17.3 Å². The lowest BCUT2D eigenvalue weighted by Gasteiger charge is -2.28. The van der Waals surface area contributed by atoms with Gasteiger partial charge in [-0.05, 0) is 88.4 Å². The molecule has 0 heterocycles. The highest BCUT2D eigenvalue weighted by Crippen LogP contribution is 2.34. The van der Waals surface area contributed by atoms with Gasteiger partial charge in [0.25, 0.3) is 0 Å². The summed E-state index contributed by atoms with van der Waals surface area (Å²) in [5.74, 6) is -1.56. The Morgan fingerprint density at radius 2 is 1.66 bits per heavy atom. The van der Waals surface area contributed by atoms with Crippen molar-refractivity contribution in [3.63, 3.8) is 0 Å². The molecule has 0 saturated heterocycles. The molecule has 2 N–H and O–H groups in total. The fourth-order valence-electron chi connectivity index (χ4n) is 3.53. The smallest absolute Gasteiger partial charge is 0.305 e. The summed E-state index contributed by atoms with van der Waals surface area (Å²) in [6.07, 6.45) is -0.368. The lowest BCUT2D eigenvalue weighted by Crippen LogP contribution is -2.42. The van der Waals surface area contributed by atoms with Crippen molar-refractivity contribution in [1.29, 1.82) is 0 Å². The zero-order valence-corrected chi connectivity index (χ0v) is 19.0. The minimum absolute atomic E-state index is 0.222. The Kier molecular flexibility index (Phi) is 7.14. The maximum absolute atomic E-state index is 15.1. The van der Waals surface area contributed by atoms with E-state index in [0.29, 0.717) is 5.56 Å². The summed E-state index contributed by atoms with van der Waals surface area (Å²) in [5.41, 5.74) is 5.77. The summed E-state index contributed by atoms with van der Waals surface area (Å²) in [5, 5.41) is 9.36. The predicted molar refractivity (Wildman–Crippen MR) is 117 cm³/mol. The van der Waals surface area contributed by atoms with E-state index in [1.165, 1.54) is 0 Å². The Morgan fingerprint density at radius 1 is 1.10 bits per heavy atom. The van der Waals surface area contributed by atoms with E-state index < -0.39 is 33.9 Å². The van der Waals surface area contributed by atoms with Gasteiger partial charge in [-0.15, -0.1) is 4.72 Å². The standard InChI is InChI=1S/C23H30FNO3S/c1-13-8-14(2)21(15(3)9-13)17-10-16(4)22(24)18(11-17)19(12-20(26)27)25-29(28)23(5,6)7/h8-11,19,25H,12H2,1-7H3,(H,26,27)/t19?,29-/m1/s1. The van der Waals surface area contributed by atoms with Crippen molar-refractivity contribution in [2.75, 3.05) is 0 Å². The van der Waals surface area contributed by atoms with Crippen LogP contribution in [0.2, 0.25) is 0 Å². The molecule has 2 atom stereocenters. The van der Waals surface area contributed by atoms with Gasteiger partial charge in [0.2, 0.25) is 0 Å². The van der Waals surface area contributed by atoms with Crippen molar-refractivity contribution in [2.45, 2.75) is 65.7 Å². The quantitative estimate of drug-likeness (QED) is 0.624. The van der Waals surface area contributed by atoms with Gasteiger partial charge in [0.05, 0.1) is 12.5 Å². The Morgan fingerprint density at radius 3 is 2.14 bits per heavy atom. The van der Waals surface area contributed by atoms with Gasteiger partial charge in [0.1, 0.15) is 10.6 Å². The van der Waals surface area contributed by atoms with E-state index in [1.54, 1.807) is 39.8 Å². The van der Waals surface area contributed by atoms with Crippen LogP contribution in [-0.4, -0.2) is 20.4 Å². The maximum Gasteiger partial charge on any atom is 0.305 e. The van der Waals surface area contributed by atoms with Crippen LogP contribution < -0.4 is 4.72 Å². The molecule has 0 aromatic heterocycles. The van der Waals surface area contributed by atoms with E-state index in [0.717, 1.165) is 27.8 Å². The van der Waals surface area contributed by atoms with Gasteiger partial charge < -0.3 is 9.66 Å². The maximum atomic E-state index is 15.1. The predicted octanol–water partition coefficient (Wildman–Crippen LogP) is 5.29. The van der Waals surface area contributed by atoms with Crippen LogP contribution in [0.1, 0.15) is 61.1 Å². The summed E-state index contributed by atoms with van der Waals surface area (Å²) in [7, 11) is 0. The number of halogens is 1. The zero-order valence-electron chi connectivity index (χ0n) is 18.1. The highest BCUT2D eigenvalue weighted by molar-refractivity contribution is 7.90. The van der Waals surface area contributed by atoms with E-state index in [2.05, 4.69) is 16.9 Å². The van der Waals surface area contributed by atoms with Crippen LogP contribution in [0.4, 0.5) is 4.39 Å². The second kappa shape index (κ2) is 8.86. The van der Waals surface area contributed by atoms with Crippen molar-refractivity contribution < 1.29 is 18.8 Å². The molecule has 0 saturated carbocycles. The third kappa shape index (κ3) is 5.59. The van der Waals surface area contributed by atoms with Gasteiger partial charge in [0.15, 0.2) is 0 Å². The van der Waals surface area contributed by atoms with E-state index in [4.69, 9.17) is 0 Å². The first-order chi connectivity index (χ1) is 13.3. The molecule has 0 aliphatic rings. The monoisotopic (exact) mass is 419 g/mol. The molecule has 0 spiro atoms. The molecule has 0 bridgehead atoms. The highest BCUT2D eigenvalue weighted by Gasteiger charge is 2.32. The molecular formula is C23H30FNO3S. The Labute approximate surface area is 175 Å². The van der Waals surface area contributed by atoms with Gasteiger partial charge >= 0.3 is 5.97 Å². The summed E-state index contributed by atoms with van der Waals surface area (Å²) in [4.78, 5) is 11.4. The average molecular weight is 420 g/mol. The molecule has 29 heavy (non-hydrogen) atoms. The van der Waals surface area contributed by atoms with Crippen LogP contribution in [0.5, 0.6) is 0 Å². The molecule has 0 radical (unpaired) electrons. The first-order valence-corrected chi connectivity index (χ1v) is 10.7. The highest BCUT2D eigenvalue weighted by atomic mass is 32.2. The first kappa shape index (κ1) is 23.4. The minimum Gasteiger partial charge on any atom is -0.598 e. The van der Waals surface area contributed by atoms with Crippen LogP contribution >= 0.6 is 0 Å². The molecule has 4 nitrogen and oxygen atoms in total. The number of carboxylic acid groups (broad SMARTS) is 1. The summed E-state index contributed by atoms with van der Waals surface area (Å²) in [6.45, 7) is 13.1. The number of benzene rings is 2. The SMILES string of the molecule is Cc1cc(C)c(-c2cc(C)c(F)c(C(CC(=O)O)N[S@+]([O-])C(C)(C)C)c2)c(C)c1. The third-order valence-electron chi connectivity index (χ3n) is 4.81. The van der Waals surface area contributed by atoms with E-state index in [9.17, 15) is 14.5 Å². The number of aliphatic carboxylic acids is 1. The molecule has 2 aromatic carbocycles. The summed E-state index contributed by atoms with van der Waals surface area (Å²) >= 11 is -1.54. The average Bonchev–Trinajstić information content (AvgIpc) is 2.54. The first-order valence-electron chi connectivity index (χ1n) is 9.59. The fourth-order valence-corrected chi connectivity index (χ4v) is 4.35. The fraction of sp³-hybridized carbons (Fsp3) is 0.435. The van der Waals surface area contributed by atoms with Crippen molar-refractivity contribution in [1.82, 2.24) is 4.72 Å². The van der Waals surface area contributed by atoms with Gasteiger partial charge in [-0.1, -0.05) is 17.7 Å². The van der Waals surface area contributed by atoms with Crippen LogP contribution in [0, 0.1) is 33.5 Å². The lowest BCUT2D eigenvalue weighted by atomic mass is 9.90. The molecule has 0 fully saturated rings. The molecule has 0 aliphatic heterocycles. The van der Waals surface area contributed by atoms with Gasteiger partial charge in [0, 0.05) is 16.9 Å². The molecule has 1 unspecified atom stereocenters. The molecular weight excluding hydrogens is 389 g/mol. The number of rotatable bonds is 6. The Hall–Kier alpha value is -1.89. The minimum atomic E-state index is -1.54. The largest absolute Gasteiger partial charge is 0.598 e. The molecule has 0 amide bonds. The second-order valence-electron chi connectivity index (χ2n) is 8.62. The molecule has 2 aromatic rings. The van der Waals surface area contributed by atoms with E-state index in [1.807, 2.05) is 20.8 Å². The topological polar surface area (TPSA) is 72.4 Å². The van der Waals surface area contributed by atoms with Gasteiger partial charge in [-0.3, -0.25) is 4.79 Å². The number of carbonyl (C=O) groups is 1. The van der Waals surface area contributed by atoms with Gasteiger partial charge in [-0.2, -0.15) is 0 Å². The van der Waals surface area contributed by atoms with E-state index in [-0.39, 0.29) is 12.0 Å². The number of aryl methyl sites for hydroxylation is 4. The number of hydrogen-bond donors (Lipinski definition) is 2. The number of hydrogen-bond acceptors (Lipinski definition) is 3. The number of carboxylic acids is 1.